The minimum Gasteiger partial charge on any atom is -0.303 e. The Hall–Kier alpha value is -1.68. The number of aromatic nitrogens is 1. The summed E-state index contributed by atoms with van der Waals surface area (Å²) in [5, 5.41) is 3.91. The Labute approximate surface area is 85.5 Å². The molecule has 1 aromatic heterocycles. The van der Waals surface area contributed by atoms with Gasteiger partial charge in [0.1, 0.15) is 5.82 Å². The van der Waals surface area contributed by atoms with Crippen molar-refractivity contribution in [3.05, 3.63) is 35.8 Å². The van der Waals surface area contributed by atoms with E-state index in [1.807, 2.05) is 6.07 Å². The number of hydrogen-bond donors (Lipinski definition) is 1. The van der Waals surface area contributed by atoms with Crippen molar-refractivity contribution in [2.24, 2.45) is 0 Å². The lowest BCUT2D eigenvalue weighted by Crippen LogP contribution is -2.34. The average molecular weight is 204 g/mol. The van der Waals surface area contributed by atoms with Gasteiger partial charge in [0.25, 0.3) is 0 Å². The van der Waals surface area contributed by atoms with Gasteiger partial charge in [-0.1, -0.05) is 0 Å². The van der Waals surface area contributed by atoms with Crippen LogP contribution in [0.25, 0.3) is 10.9 Å². The Morgan fingerprint density at radius 3 is 3.00 bits per heavy atom. The molecule has 0 spiro atoms. The standard InChI is InChI=1S/C11H9FN2O/c12-8-2-1-7-3-9-5-13-6-11(15)14(9)10(7)4-8/h1-4,13H,5-6H2. The first kappa shape index (κ1) is 8.61. The van der Waals surface area contributed by atoms with Crippen LogP contribution in [0.15, 0.2) is 24.3 Å². The van der Waals surface area contributed by atoms with Crippen LogP contribution in [0.1, 0.15) is 10.5 Å². The number of rotatable bonds is 0. The molecule has 1 aliphatic rings. The third kappa shape index (κ3) is 1.18. The molecule has 0 aliphatic carbocycles. The van der Waals surface area contributed by atoms with E-state index < -0.39 is 0 Å². The van der Waals surface area contributed by atoms with Gasteiger partial charge in [0, 0.05) is 17.6 Å². The van der Waals surface area contributed by atoms with Crippen molar-refractivity contribution >= 4 is 16.8 Å². The molecular weight excluding hydrogens is 195 g/mol. The number of nitrogens with one attached hydrogen (secondary N) is 1. The molecule has 2 aromatic rings. The molecule has 3 nitrogen and oxygen atoms in total. The van der Waals surface area contributed by atoms with Crippen LogP contribution in [0, 0.1) is 5.82 Å². The van der Waals surface area contributed by atoms with Crippen molar-refractivity contribution in [2.75, 3.05) is 6.54 Å². The van der Waals surface area contributed by atoms with E-state index in [0.29, 0.717) is 18.6 Å². The average Bonchev–Trinajstić information content (AvgIpc) is 2.57. The van der Waals surface area contributed by atoms with E-state index in [9.17, 15) is 9.18 Å². The van der Waals surface area contributed by atoms with Gasteiger partial charge in [-0.2, -0.15) is 0 Å². The first-order valence-electron chi connectivity index (χ1n) is 4.79. The fraction of sp³-hybridized carbons (Fsp3) is 0.182. The Balaban J connectivity index is 2.38. The number of fused-ring (bicyclic) bond motifs is 3. The molecule has 1 aromatic carbocycles. The van der Waals surface area contributed by atoms with Crippen LogP contribution in [0.2, 0.25) is 0 Å². The molecule has 1 aliphatic heterocycles. The predicted octanol–water partition coefficient (Wildman–Crippen LogP) is 1.52. The molecule has 0 saturated heterocycles. The van der Waals surface area contributed by atoms with Crippen LogP contribution in [-0.2, 0) is 6.54 Å². The Morgan fingerprint density at radius 1 is 1.27 bits per heavy atom. The second-order valence-corrected chi connectivity index (χ2v) is 3.67. The van der Waals surface area contributed by atoms with E-state index in [1.165, 1.54) is 12.1 Å². The Bertz CT molecular complexity index is 559. The van der Waals surface area contributed by atoms with Crippen molar-refractivity contribution in [3.63, 3.8) is 0 Å². The van der Waals surface area contributed by atoms with Gasteiger partial charge in [-0.05, 0) is 24.3 Å². The summed E-state index contributed by atoms with van der Waals surface area (Å²) < 4.78 is 14.7. The van der Waals surface area contributed by atoms with Crippen LogP contribution in [0.3, 0.4) is 0 Å². The molecule has 4 heteroatoms. The summed E-state index contributed by atoms with van der Waals surface area (Å²) >= 11 is 0. The lowest BCUT2D eigenvalue weighted by Gasteiger charge is -2.15. The zero-order valence-electron chi connectivity index (χ0n) is 7.96. The summed E-state index contributed by atoms with van der Waals surface area (Å²) in [6, 6.07) is 6.43. The molecule has 0 atom stereocenters. The van der Waals surface area contributed by atoms with E-state index in [0.717, 1.165) is 11.1 Å². The third-order valence-electron chi connectivity index (χ3n) is 2.67. The van der Waals surface area contributed by atoms with Gasteiger partial charge in [0.15, 0.2) is 0 Å². The van der Waals surface area contributed by atoms with Crippen molar-refractivity contribution < 1.29 is 9.18 Å². The number of halogens is 1. The highest BCUT2D eigenvalue weighted by molar-refractivity contribution is 5.95. The third-order valence-corrected chi connectivity index (χ3v) is 2.67. The second-order valence-electron chi connectivity index (χ2n) is 3.67. The van der Waals surface area contributed by atoms with E-state index >= 15 is 0 Å². The maximum atomic E-state index is 13.1. The van der Waals surface area contributed by atoms with Gasteiger partial charge in [-0.3, -0.25) is 9.36 Å². The highest BCUT2D eigenvalue weighted by Gasteiger charge is 2.18. The Morgan fingerprint density at radius 2 is 2.13 bits per heavy atom. The minimum absolute atomic E-state index is 0.0307. The fourth-order valence-corrected chi connectivity index (χ4v) is 2.03. The van der Waals surface area contributed by atoms with Crippen molar-refractivity contribution in [1.29, 1.82) is 0 Å². The van der Waals surface area contributed by atoms with Gasteiger partial charge in [-0.25, -0.2) is 4.39 Å². The molecule has 76 valence electrons. The van der Waals surface area contributed by atoms with Crippen LogP contribution >= 0.6 is 0 Å². The van der Waals surface area contributed by atoms with Crippen LogP contribution in [0.4, 0.5) is 4.39 Å². The minimum atomic E-state index is -0.310. The SMILES string of the molecule is O=C1CNCc2cc3ccc(F)cc3n21. The number of benzene rings is 1. The van der Waals surface area contributed by atoms with Gasteiger partial charge >= 0.3 is 0 Å². The first-order valence-corrected chi connectivity index (χ1v) is 4.79. The van der Waals surface area contributed by atoms with E-state index in [2.05, 4.69) is 5.32 Å². The van der Waals surface area contributed by atoms with E-state index in [1.54, 1.807) is 10.6 Å². The largest absolute Gasteiger partial charge is 0.303 e. The Kier molecular flexibility index (Phi) is 1.67. The zero-order valence-corrected chi connectivity index (χ0v) is 7.96. The number of hydrogen-bond acceptors (Lipinski definition) is 2. The molecule has 0 amide bonds. The number of carbonyl (C=O) groups is 1. The van der Waals surface area contributed by atoms with Crippen LogP contribution < -0.4 is 5.32 Å². The fourth-order valence-electron chi connectivity index (χ4n) is 2.03. The summed E-state index contributed by atoms with van der Waals surface area (Å²) in [7, 11) is 0. The molecular formula is C11H9FN2O. The van der Waals surface area contributed by atoms with Gasteiger partial charge < -0.3 is 5.32 Å². The van der Waals surface area contributed by atoms with Gasteiger partial charge in [-0.15, -0.1) is 0 Å². The zero-order chi connectivity index (χ0) is 10.4. The molecule has 3 rings (SSSR count). The molecule has 0 fully saturated rings. The van der Waals surface area contributed by atoms with Crippen molar-refractivity contribution in [1.82, 2.24) is 9.88 Å². The summed E-state index contributed by atoms with van der Waals surface area (Å²) in [5.41, 5.74) is 1.56. The number of carbonyl (C=O) groups excluding carboxylic acids is 1. The molecule has 15 heavy (non-hydrogen) atoms. The van der Waals surface area contributed by atoms with Gasteiger partial charge in [0.05, 0.1) is 12.1 Å². The van der Waals surface area contributed by atoms with Crippen molar-refractivity contribution in [2.45, 2.75) is 6.54 Å². The molecule has 0 saturated carbocycles. The highest BCUT2D eigenvalue weighted by atomic mass is 19.1. The maximum Gasteiger partial charge on any atom is 0.245 e. The van der Waals surface area contributed by atoms with Gasteiger partial charge in [0.2, 0.25) is 5.91 Å². The van der Waals surface area contributed by atoms with Crippen LogP contribution in [-0.4, -0.2) is 17.0 Å². The summed E-state index contributed by atoms with van der Waals surface area (Å²) in [6.45, 7) is 0.968. The quantitative estimate of drug-likeness (QED) is 0.706. The highest BCUT2D eigenvalue weighted by Crippen LogP contribution is 2.22. The molecule has 2 heterocycles. The molecule has 0 radical (unpaired) electrons. The second kappa shape index (κ2) is 2.90. The van der Waals surface area contributed by atoms with E-state index in [-0.39, 0.29) is 11.7 Å². The van der Waals surface area contributed by atoms with E-state index in [4.69, 9.17) is 0 Å². The molecule has 0 bridgehead atoms. The topological polar surface area (TPSA) is 34.0 Å². The summed E-state index contributed by atoms with van der Waals surface area (Å²) in [5.74, 6) is -0.341. The lowest BCUT2D eigenvalue weighted by atomic mass is 10.2. The number of nitrogens with zero attached hydrogens (tertiary/aromatic N) is 1. The smallest absolute Gasteiger partial charge is 0.245 e. The first-order chi connectivity index (χ1) is 7.25. The lowest BCUT2D eigenvalue weighted by molar-refractivity contribution is 0.0900. The monoisotopic (exact) mass is 204 g/mol. The summed E-state index contributed by atoms with van der Waals surface area (Å²) in [4.78, 5) is 11.6. The molecule has 0 unspecified atom stereocenters. The predicted molar refractivity (Wildman–Crippen MR) is 54.2 cm³/mol. The summed E-state index contributed by atoms with van der Waals surface area (Å²) in [6.07, 6.45) is 0. The normalized spacial score (nSPS) is 15.7. The van der Waals surface area contributed by atoms with Crippen LogP contribution in [0.5, 0.6) is 0 Å². The maximum absolute atomic E-state index is 13.1. The molecule has 1 N–H and O–H groups in total. The van der Waals surface area contributed by atoms with Crippen molar-refractivity contribution in [3.8, 4) is 0 Å².